The Morgan fingerprint density at radius 3 is 2.48 bits per heavy atom. The Kier molecular flexibility index (Phi) is 7.92. The highest BCUT2D eigenvalue weighted by molar-refractivity contribution is 5.98. The van der Waals surface area contributed by atoms with Crippen molar-refractivity contribution < 1.29 is 9.18 Å². The molecule has 0 saturated carbocycles. The lowest BCUT2D eigenvalue weighted by Gasteiger charge is -2.21. The highest BCUT2D eigenvalue weighted by Gasteiger charge is 2.16. The van der Waals surface area contributed by atoms with E-state index in [1.807, 2.05) is 26.8 Å². The van der Waals surface area contributed by atoms with Crippen molar-refractivity contribution in [2.24, 2.45) is 5.73 Å². The first kappa shape index (κ1) is 19.4. The van der Waals surface area contributed by atoms with Gasteiger partial charge in [0.15, 0.2) is 0 Å². The van der Waals surface area contributed by atoms with Gasteiger partial charge in [0.2, 0.25) is 0 Å². The summed E-state index contributed by atoms with van der Waals surface area (Å²) < 4.78 is 12.5. The zero-order valence-electron chi connectivity index (χ0n) is 12.5. The topological polar surface area (TPSA) is 55.1 Å². The summed E-state index contributed by atoms with van der Waals surface area (Å²) in [5.41, 5.74) is 6.72. The number of nitrogens with one attached hydrogen (secondary N) is 1. The molecular weight excluding hydrogens is 291 g/mol. The van der Waals surface area contributed by atoms with Crippen LogP contribution in [0.3, 0.4) is 0 Å². The molecule has 21 heavy (non-hydrogen) atoms. The van der Waals surface area contributed by atoms with Gasteiger partial charge in [-0.3, -0.25) is 4.79 Å². The molecule has 3 N–H and O–H groups in total. The minimum Gasteiger partial charge on any atom is -0.347 e. The average Bonchev–Trinajstić information content (AvgIpc) is 2.38. The van der Waals surface area contributed by atoms with E-state index in [1.165, 1.54) is 0 Å². The number of nitrogens with two attached hydrogens (primary N) is 1. The van der Waals surface area contributed by atoms with Crippen LogP contribution >= 0.6 is 12.4 Å². The SMILES string of the molecule is CC(C)(C)NC(=O)c1ccccc1/C=C\C(=C\F)CN.Cl. The largest absolute Gasteiger partial charge is 0.347 e. The van der Waals surface area contributed by atoms with Crippen molar-refractivity contribution in [2.45, 2.75) is 26.3 Å². The van der Waals surface area contributed by atoms with Crippen LogP contribution in [0.4, 0.5) is 4.39 Å². The second kappa shape index (κ2) is 8.60. The van der Waals surface area contributed by atoms with Crippen LogP contribution in [0.25, 0.3) is 6.08 Å². The molecular formula is C16H22ClFN2O. The van der Waals surface area contributed by atoms with Gasteiger partial charge < -0.3 is 11.1 Å². The van der Waals surface area contributed by atoms with E-state index in [0.717, 1.165) is 5.56 Å². The summed E-state index contributed by atoms with van der Waals surface area (Å²) in [6, 6.07) is 7.17. The van der Waals surface area contributed by atoms with E-state index in [-0.39, 0.29) is 30.4 Å². The number of carbonyl (C=O) groups is 1. The lowest BCUT2D eigenvalue weighted by molar-refractivity contribution is 0.0919. The van der Waals surface area contributed by atoms with E-state index in [1.54, 1.807) is 30.4 Å². The van der Waals surface area contributed by atoms with Crippen molar-refractivity contribution in [1.29, 1.82) is 0 Å². The predicted molar refractivity (Wildman–Crippen MR) is 88.2 cm³/mol. The maximum atomic E-state index is 12.5. The number of rotatable bonds is 4. The molecule has 1 aromatic carbocycles. The van der Waals surface area contributed by atoms with Crippen molar-refractivity contribution in [2.75, 3.05) is 6.54 Å². The molecule has 0 atom stereocenters. The molecule has 0 spiro atoms. The summed E-state index contributed by atoms with van der Waals surface area (Å²) in [4.78, 5) is 12.2. The first-order valence-corrected chi connectivity index (χ1v) is 6.46. The zero-order chi connectivity index (χ0) is 15.2. The minimum atomic E-state index is -0.310. The molecule has 0 bridgehead atoms. The predicted octanol–water partition coefficient (Wildman–Crippen LogP) is 3.46. The van der Waals surface area contributed by atoms with E-state index in [4.69, 9.17) is 5.73 Å². The first-order chi connectivity index (χ1) is 9.37. The Bertz CT molecular complexity index is 533. The Balaban J connectivity index is 0.00000400. The Morgan fingerprint density at radius 2 is 1.95 bits per heavy atom. The first-order valence-electron chi connectivity index (χ1n) is 6.46. The van der Waals surface area contributed by atoms with Crippen LogP contribution in [0.2, 0.25) is 0 Å². The Hall–Kier alpha value is -1.65. The van der Waals surface area contributed by atoms with Gasteiger partial charge >= 0.3 is 0 Å². The molecule has 0 unspecified atom stereocenters. The van der Waals surface area contributed by atoms with E-state index in [2.05, 4.69) is 5.32 Å². The van der Waals surface area contributed by atoms with Gasteiger partial charge in [-0.05, 0) is 38.0 Å². The monoisotopic (exact) mass is 312 g/mol. The van der Waals surface area contributed by atoms with E-state index in [9.17, 15) is 9.18 Å². The standard InChI is InChI=1S/C16H21FN2O.ClH/c1-16(2,3)19-15(20)14-7-5-4-6-13(14)9-8-12(10-17)11-18;/h4-10H,11,18H2,1-3H3,(H,19,20);1H/b9-8-,12-10-;. The van der Waals surface area contributed by atoms with Gasteiger partial charge in [-0.15, -0.1) is 12.4 Å². The second-order valence-corrected chi connectivity index (χ2v) is 5.51. The molecule has 1 rings (SSSR count). The molecule has 0 fully saturated rings. The summed E-state index contributed by atoms with van der Waals surface area (Å²) in [6.45, 7) is 5.87. The number of carbonyl (C=O) groups excluding carboxylic acids is 1. The second-order valence-electron chi connectivity index (χ2n) is 5.51. The van der Waals surface area contributed by atoms with Crippen LogP contribution in [-0.2, 0) is 0 Å². The summed E-state index contributed by atoms with van der Waals surface area (Å²) in [6.07, 6.45) is 3.73. The van der Waals surface area contributed by atoms with Crippen LogP contribution in [0.15, 0.2) is 42.2 Å². The van der Waals surface area contributed by atoms with Crippen molar-refractivity contribution in [3.63, 3.8) is 0 Å². The smallest absolute Gasteiger partial charge is 0.252 e. The van der Waals surface area contributed by atoms with E-state index < -0.39 is 0 Å². The van der Waals surface area contributed by atoms with Crippen LogP contribution in [0, 0.1) is 0 Å². The van der Waals surface area contributed by atoms with Crippen molar-refractivity contribution in [3.8, 4) is 0 Å². The lowest BCUT2D eigenvalue weighted by Crippen LogP contribution is -2.40. The number of hydrogen-bond acceptors (Lipinski definition) is 2. The average molecular weight is 313 g/mol. The number of hydrogen-bond donors (Lipinski definition) is 2. The highest BCUT2D eigenvalue weighted by Crippen LogP contribution is 2.13. The normalized spacial score (nSPS) is 12.1. The molecule has 1 amide bonds. The van der Waals surface area contributed by atoms with Crippen LogP contribution in [0.1, 0.15) is 36.7 Å². The van der Waals surface area contributed by atoms with Gasteiger partial charge in [0.1, 0.15) is 0 Å². The third-order valence-corrected chi connectivity index (χ3v) is 2.55. The minimum absolute atomic E-state index is 0. The van der Waals surface area contributed by atoms with Gasteiger partial charge in [0.05, 0.1) is 6.33 Å². The molecule has 3 nitrogen and oxygen atoms in total. The summed E-state index contributed by atoms with van der Waals surface area (Å²) in [7, 11) is 0. The molecule has 0 heterocycles. The molecule has 0 aromatic heterocycles. The Morgan fingerprint density at radius 1 is 1.33 bits per heavy atom. The molecule has 5 heteroatoms. The van der Waals surface area contributed by atoms with E-state index >= 15 is 0 Å². The summed E-state index contributed by atoms with van der Waals surface area (Å²) in [5, 5.41) is 2.91. The summed E-state index contributed by atoms with van der Waals surface area (Å²) >= 11 is 0. The quantitative estimate of drug-likeness (QED) is 0.837. The molecule has 0 saturated heterocycles. The molecule has 116 valence electrons. The van der Waals surface area contributed by atoms with Gasteiger partial charge in [-0.25, -0.2) is 4.39 Å². The zero-order valence-corrected chi connectivity index (χ0v) is 13.3. The maximum absolute atomic E-state index is 12.5. The molecule has 0 aliphatic heterocycles. The fraction of sp³-hybridized carbons (Fsp3) is 0.312. The lowest BCUT2D eigenvalue weighted by atomic mass is 10.0. The van der Waals surface area contributed by atoms with Crippen LogP contribution in [0.5, 0.6) is 0 Å². The van der Waals surface area contributed by atoms with Crippen LogP contribution < -0.4 is 11.1 Å². The van der Waals surface area contributed by atoms with E-state index in [0.29, 0.717) is 17.5 Å². The fourth-order valence-corrected chi connectivity index (χ4v) is 1.60. The van der Waals surface area contributed by atoms with Gasteiger partial charge in [-0.2, -0.15) is 0 Å². The molecule has 0 aliphatic rings. The number of halogens is 2. The summed E-state index contributed by atoms with van der Waals surface area (Å²) in [5.74, 6) is -0.156. The van der Waals surface area contributed by atoms with Gasteiger partial charge in [0, 0.05) is 17.6 Å². The van der Waals surface area contributed by atoms with Crippen molar-refractivity contribution in [1.82, 2.24) is 5.32 Å². The molecule has 0 radical (unpaired) electrons. The Labute approximate surface area is 131 Å². The molecule has 1 aromatic rings. The van der Waals surface area contributed by atoms with Gasteiger partial charge in [-0.1, -0.05) is 30.4 Å². The molecule has 0 aliphatic carbocycles. The number of benzene rings is 1. The third-order valence-electron chi connectivity index (χ3n) is 2.55. The van der Waals surface area contributed by atoms with Crippen LogP contribution in [-0.4, -0.2) is 18.0 Å². The van der Waals surface area contributed by atoms with Crippen molar-refractivity contribution >= 4 is 24.4 Å². The number of amides is 1. The maximum Gasteiger partial charge on any atom is 0.252 e. The van der Waals surface area contributed by atoms with Gasteiger partial charge in [0.25, 0.3) is 5.91 Å². The van der Waals surface area contributed by atoms with Crippen molar-refractivity contribution in [3.05, 3.63) is 53.4 Å². The third kappa shape index (κ3) is 6.56. The highest BCUT2D eigenvalue weighted by atomic mass is 35.5. The fourth-order valence-electron chi connectivity index (χ4n) is 1.60.